The van der Waals surface area contributed by atoms with E-state index in [9.17, 15) is 9.18 Å². The Balaban J connectivity index is 1.74. The quantitative estimate of drug-likeness (QED) is 0.669. The second-order valence-corrected chi connectivity index (χ2v) is 7.37. The van der Waals surface area contributed by atoms with Gasteiger partial charge in [0.25, 0.3) is 0 Å². The predicted octanol–water partition coefficient (Wildman–Crippen LogP) is 3.61. The average molecular weight is 384 g/mol. The van der Waals surface area contributed by atoms with E-state index in [4.69, 9.17) is 0 Å². The van der Waals surface area contributed by atoms with Crippen LogP contribution >= 0.6 is 0 Å². The number of hydrogen-bond acceptors (Lipinski definition) is 1. The van der Waals surface area contributed by atoms with Gasteiger partial charge in [-0.1, -0.05) is 0 Å². The van der Waals surface area contributed by atoms with Crippen LogP contribution in [0.15, 0.2) is 78.9 Å². The van der Waals surface area contributed by atoms with E-state index in [1.54, 1.807) is 12.1 Å². The van der Waals surface area contributed by atoms with Crippen molar-refractivity contribution in [2.45, 2.75) is 5.32 Å². The summed E-state index contributed by atoms with van der Waals surface area (Å²) in [5, 5.41) is 3.67. The predicted molar refractivity (Wildman–Crippen MR) is 96.3 cm³/mol. The molecule has 1 amide bonds. The molecule has 0 saturated carbocycles. The molecule has 0 radical (unpaired) electrons. The van der Waals surface area contributed by atoms with E-state index < -0.39 is 0 Å². The van der Waals surface area contributed by atoms with Crippen molar-refractivity contribution in [2.24, 2.45) is 0 Å². The minimum absolute atomic E-state index is 0.0540. The molecule has 1 N–H and O–H groups in total. The zero-order valence-electron chi connectivity index (χ0n) is 12.9. The Bertz CT molecular complexity index is 836. The van der Waals surface area contributed by atoms with Gasteiger partial charge in [-0.2, -0.15) is 0 Å². The van der Waals surface area contributed by atoms with E-state index in [-0.39, 0.29) is 26.7 Å². The summed E-state index contributed by atoms with van der Waals surface area (Å²) in [5.74, 6) is -0.337. The fraction of sp³-hybridized carbons (Fsp3) is 0.0500. The summed E-state index contributed by atoms with van der Waals surface area (Å²) in [5.41, 5.74) is 2.40. The molecule has 2 nitrogen and oxygen atoms in total. The number of nitrogens with one attached hydrogen (secondary N) is 1. The second-order valence-electron chi connectivity index (χ2n) is 5.23. The van der Waals surface area contributed by atoms with Crippen LogP contribution in [-0.2, 0) is 5.32 Å². The molecule has 0 spiro atoms. The average Bonchev–Trinajstić information content (AvgIpc) is 2.61. The molecule has 3 aromatic carbocycles. The summed E-state index contributed by atoms with van der Waals surface area (Å²) >= 11 is 0.0540. The van der Waals surface area contributed by atoms with Crippen LogP contribution in [0, 0.1) is 5.82 Å². The van der Waals surface area contributed by atoms with Crippen LogP contribution in [0.1, 0.15) is 15.9 Å². The molecule has 0 heterocycles. The standard InChI is InChI=1S/C20H16FNOSe/c21-16-8-6-7-15(13-16)14-24-19-12-5-4-11-18(19)20(23)22-17-9-2-1-3-10-17/h1-13H,14H2,(H,22,23). The number of rotatable bonds is 5. The van der Waals surface area contributed by atoms with Gasteiger partial charge >= 0.3 is 147 Å². The molecule has 0 saturated heterocycles. The molecule has 0 fully saturated rings. The second kappa shape index (κ2) is 7.91. The van der Waals surface area contributed by atoms with E-state index in [1.807, 2.05) is 60.7 Å². The first kappa shape index (κ1) is 16.4. The van der Waals surface area contributed by atoms with Gasteiger partial charge in [-0.25, -0.2) is 0 Å². The van der Waals surface area contributed by atoms with Crippen molar-refractivity contribution >= 4 is 31.0 Å². The van der Waals surface area contributed by atoms with Gasteiger partial charge < -0.3 is 0 Å². The van der Waals surface area contributed by atoms with E-state index in [2.05, 4.69) is 5.32 Å². The summed E-state index contributed by atoms with van der Waals surface area (Å²) in [6, 6.07) is 23.6. The number of benzene rings is 3. The van der Waals surface area contributed by atoms with Gasteiger partial charge in [0, 0.05) is 0 Å². The molecule has 3 rings (SSSR count). The van der Waals surface area contributed by atoms with Crippen LogP contribution in [0.2, 0.25) is 0 Å². The summed E-state index contributed by atoms with van der Waals surface area (Å²) in [7, 11) is 0. The van der Waals surface area contributed by atoms with Crippen molar-refractivity contribution in [1.82, 2.24) is 0 Å². The first-order valence-corrected chi connectivity index (χ1v) is 9.62. The van der Waals surface area contributed by atoms with Gasteiger partial charge in [-0.3, -0.25) is 0 Å². The Kier molecular flexibility index (Phi) is 5.42. The zero-order valence-corrected chi connectivity index (χ0v) is 14.6. The van der Waals surface area contributed by atoms with Gasteiger partial charge in [-0.15, -0.1) is 0 Å². The van der Waals surface area contributed by atoms with Gasteiger partial charge in [-0.05, 0) is 0 Å². The third kappa shape index (κ3) is 4.31. The molecule has 0 aliphatic carbocycles. The fourth-order valence-electron chi connectivity index (χ4n) is 2.29. The summed E-state index contributed by atoms with van der Waals surface area (Å²) < 4.78 is 14.3. The van der Waals surface area contributed by atoms with Gasteiger partial charge in [0.1, 0.15) is 0 Å². The molecule has 0 aromatic heterocycles. The summed E-state index contributed by atoms with van der Waals surface area (Å²) in [6.07, 6.45) is 0. The molecule has 0 unspecified atom stereocenters. The number of amides is 1. The first-order chi connectivity index (χ1) is 11.7. The normalized spacial score (nSPS) is 10.4. The Morgan fingerprint density at radius 3 is 2.46 bits per heavy atom. The van der Waals surface area contributed by atoms with Crippen molar-refractivity contribution in [3.8, 4) is 0 Å². The third-order valence-corrected chi connectivity index (χ3v) is 5.85. The Labute approximate surface area is 146 Å². The third-order valence-electron chi connectivity index (χ3n) is 3.45. The molecule has 0 bridgehead atoms. The van der Waals surface area contributed by atoms with Crippen molar-refractivity contribution in [3.05, 3.63) is 95.8 Å². The van der Waals surface area contributed by atoms with Crippen LogP contribution in [-0.4, -0.2) is 20.9 Å². The maximum absolute atomic E-state index is 13.3. The van der Waals surface area contributed by atoms with Crippen LogP contribution in [0.5, 0.6) is 0 Å². The van der Waals surface area contributed by atoms with E-state index in [0.29, 0.717) is 5.56 Å². The maximum atomic E-state index is 13.3. The molecule has 0 atom stereocenters. The number of carbonyl (C=O) groups excluding carboxylic acids is 1. The Morgan fingerprint density at radius 2 is 1.67 bits per heavy atom. The zero-order chi connectivity index (χ0) is 16.8. The van der Waals surface area contributed by atoms with E-state index >= 15 is 0 Å². The number of carbonyl (C=O) groups is 1. The molecule has 0 aliphatic rings. The van der Waals surface area contributed by atoms with Gasteiger partial charge in [0.05, 0.1) is 0 Å². The molecule has 4 heteroatoms. The van der Waals surface area contributed by atoms with Crippen molar-refractivity contribution < 1.29 is 9.18 Å². The minimum atomic E-state index is -0.224. The summed E-state index contributed by atoms with van der Waals surface area (Å²) in [6.45, 7) is 0. The molecule has 0 aliphatic heterocycles. The van der Waals surface area contributed by atoms with Crippen LogP contribution < -0.4 is 9.78 Å². The van der Waals surface area contributed by atoms with Crippen LogP contribution in [0.25, 0.3) is 0 Å². The number of para-hydroxylation sites is 1. The molecule has 3 aromatic rings. The molecule has 24 heavy (non-hydrogen) atoms. The van der Waals surface area contributed by atoms with Gasteiger partial charge in [0.2, 0.25) is 0 Å². The Morgan fingerprint density at radius 1 is 0.917 bits per heavy atom. The molecule has 120 valence electrons. The molecular formula is C20H16FNOSe. The first-order valence-electron chi connectivity index (χ1n) is 7.55. The summed E-state index contributed by atoms with van der Waals surface area (Å²) in [4.78, 5) is 12.5. The van der Waals surface area contributed by atoms with Crippen molar-refractivity contribution in [1.29, 1.82) is 0 Å². The Hall–Kier alpha value is -2.42. The van der Waals surface area contributed by atoms with Crippen molar-refractivity contribution in [2.75, 3.05) is 5.32 Å². The topological polar surface area (TPSA) is 29.1 Å². The molecular weight excluding hydrogens is 368 g/mol. The van der Waals surface area contributed by atoms with E-state index in [1.165, 1.54) is 6.07 Å². The number of halogens is 1. The van der Waals surface area contributed by atoms with Crippen LogP contribution in [0.3, 0.4) is 0 Å². The monoisotopic (exact) mass is 385 g/mol. The van der Waals surface area contributed by atoms with Crippen molar-refractivity contribution in [3.63, 3.8) is 0 Å². The SMILES string of the molecule is O=C(Nc1ccccc1)c1ccccc1[Se]Cc1cccc(F)c1. The number of hydrogen-bond donors (Lipinski definition) is 1. The van der Waals surface area contributed by atoms with Gasteiger partial charge in [0.15, 0.2) is 0 Å². The van der Waals surface area contributed by atoms with Crippen LogP contribution in [0.4, 0.5) is 10.1 Å². The van der Waals surface area contributed by atoms with E-state index in [0.717, 1.165) is 21.0 Å². The number of anilines is 1. The fourth-order valence-corrected chi connectivity index (χ4v) is 4.37.